The molecular weight excluding hydrogens is 248 g/mol. The molecule has 84 valence electrons. The largest absolute Gasteiger partial charge is 0.480 e. The lowest BCUT2D eigenvalue weighted by Crippen LogP contribution is -2.06. The summed E-state index contributed by atoms with van der Waals surface area (Å²) in [6, 6.07) is 7.78. The highest BCUT2D eigenvalue weighted by Gasteiger charge is 2.10. The molecule has 0 spiro atoms. The summed E-state index contributed by atoms with van der Waals surface area (Å²) in [6.07, 6.45) is 0. The fourth-order valence-electron chi connectivity index (χ4n) is 1.39. The number of hydrogen-bond donors (Lipinski definition) is 1. The fraction of sp³-hybridized carbons (Fsp3) is 0.182. The van der Waals surface area contributed by atoms with Gasteiger partial charge >= 0.3 is 5.97 Å². The molecule has 2 aromatic rings. The molecule has 1 aromatic heterocycles. The summed E-state index contributed by atoms with van der Waals surface area (Å²) >= 11 is 7.68. The van der Waals surface area contributed by atoms with Crippen molar-refractivity contribution in [2.24, 2.45) is 0 Å². The summed E-state index contributed by atoms with van der Waals surface area (Å²) in [5.74, 6) is -0.975. The number of halogens is 1. The average Bonchev–Trinajstić information content (AvgIpc) is 2.56. The van der Waals surface area contributed by atoms with Crippen LogP contribution in [0.4, 0.5) is 0 Å². The molecule has 0 aliphatic rings. The first-order valence-electron chi connectivity index (χ1n) is 4.64. The highest BCUT2D eigenvalue weighted by molar-refractivity contribution is 7.19. The van der Waals surface area contributed by atoms with E-state index in [1.165, 1.54) is 11.3 Å². The minimum absolute atomic E-state index is 0.241. The number of hydrogen-bond acceptors (Lipinski definition) is 3. The van der Waals surface area contributed by atoms with Crippen molar-refractivity contribution in [1.29, 1.82) is 0 Å². The van der Waals surface area contributed by atoms with E-state index >= 15 is 0 Å². The normalized spacial score (nSPS) is 10.8. The molecule has 0 aliphatic heterocycles. The molecule has 16 heavy (non-hydrogen) atoms. The molecule has 0 aliphatic carbocycles. The van der Waals surface area contributed by atoms with Gasteiger partial charge in [-0.05, 0) is 6.07 Å². The van der Waals surface area contributed by atoms with E-state index < -0.39 is 5.97 Å². The van der Waals surface area contributed by atoms with Crippen molar-refractivity contribution >= 4 is 39.0 Å². The van der Waals surface area contributed by atoms with Crippen LogP contribution < -0.4 is 0 Å². The van der Waals surface area contributed by atoms with Crippen molar-refractivity contribution < 1.29 is 14.6 Å². The maximum atomic E-state index is 10.3. The Balaban J connectivity index is 2.18. The molecule has 1 heterocycles. The quantitative estimate of drug-likeness (QED) is 0.914. The lowest BCUT2D eigenvalue weighted by molar-refractivity contribution is -0.142. The van der Waals surface area contributed by atoms with Crippen LogP contribution in [0.25, 0.3) is 10.1 Å². The zero-order valence-corrected chi connectivity index (χ0v) is 9.85. The van der Waals surface area contributed by atoms with E-state index in [0.717, 1.165) is 15.0 Å². The smallest absolute Gasteiger partial charge is 0.329 e. The molecule has 1 aromatic carbocycles. The summed E-state index contributed by atoms with van der Waals surface area (Å²) in [5, 5.41) is 10.1. The van der Waals surface area contributed by atoms with Crippen molar-refractivity contribution in [2.45, 2.75) is 6.61 Å². The van der Waals surface area contributed by atoms with Crippen LogP contribution in [0.5, 0.6) is 0 Å². The monoisotopic (exact) mass is 256 g/mol. The lowest BCUT2D eigenvalue weighted by Gasteiger charge is -1.98. The predicted molar refractivity (Wildman–Crippen MR) is 64.1 cm³/mol. The van der Waals surface area contributed by atoms with E-state index in [2.05, 4.69) is 0 Å². The second-order valence-electron chi connectivity index (χ2n) is 3.22. The maximum Gasteiger partial charge on any atom is 0.329 e. The van der Waals surface area contributed by atoms with Crippen LogP contribution in [0.2, 0.25) is 5.02 Å². The van der Waals surface area contributed by atoms with Gasteiger partial charge in [0.15, 0.2) is 0 Å². The molecule has 0 saturated heterocycles. The minimum atomic E-state index is -0.975. The summed E-state index contributed by atoms with van der Waals surface area (Å²) in [5.41, 5.74) is 0. The number of thiophene rings is 1. The van der Waals surface area contributed by atoms with Gasteiger partial charge in [-0.25, -0.2) is 4.79 Å². The zero-order valence-electron chi connectivity index (χ0n) is 8.27. The minimum Gasteiger partial charge on any atom is -0.480 e. The Morgan fingerprint density at radius 2 is 2.19 bits per heavy atom. The molecule has 0 unspecified atom stereocenters. The van der Waals surface area contributed by atoms with E-state index in [1.54, 1.807) is 0 Å². The van der Waals surface area contributed by atoms with Crippen molar-refractivity contribution in [1.82, 2.24) is 0 Å². The molecule has 0 amide bonds. The highest BCUT2D eigenvalue weighted by atomic mass is 35.5. The number of aliphatic carboxylic acids is 1. The Labute approximate surface area is 101 Å². The third kappa shape index (κ3) is 2.35. The van der Waals surface area contributed by atoms with Gasteiger partial charge in [0, 0.05) is 10.1 Å². The molecule has 3 nitrogen and oxygen atoms in total. The van der Waals surface area contributed by atoms with Crippen LogP contribution in [0, 0.1) is 0 Å². The van der Waals surface area contributed by atoms with E-state index in [0.29, 0.717) is 5.02 Å². The molecule has 0 saturated carbocycles. The highest BCUT2D eigenvalue weighted by Crippen LogP contribution is 2.35. The average molecular weight is 257 g/mol. The molecule has 0 bridgehead atoms. The van der Waals surface area contributed by atoms with Gasteiger partial charge in [0.2, 0.25) is 0 Å². The van der Waals surface area contributed by atoms with Gasteiger partial charge in [-0.2, -0.15) is 0 Å². The standard InChI is InChI=1S/C11H9ClO3S/c12-11-7-3-1-2-4-8(7)16-9(11)5-15-6-10(13)14/h1-4H,5-6H2,(H,13,14). The molecule has 0 atom stereocenters. The number of rotatable bonds is 4. The van der Waals surface area contributed by atoms with Crippen LogP contribution in [-0.4, -0.2) is 17.7 Å². The number of carbonyl (C=O) groups is 1. The molecule has 1 N–H and O–H groups in total. The van der Waals surface area contributed by atoms with Gasteiger partial charge in [-0.1, -0.05) is 29.8 Å². The van der Waals surface area contributed by atoms with Crippen molar-refractivity contribution in [2.75, 3.05) is 6.61 Å². The third-order valence-electron chi connectivity index (χ3n) is 2.06. The lowest BCUT2D eigenvalue weighted by atomic mass is 10.2. The van der Waals surface area contributed by atoms with Crippen LogP contribution >= 0.6 is 22.9 Å². The number of carboxylic acid groups (broad SMARTS) is 1. The van der Waals surface area contributed by atoms with Gasteiger partial charge in [-0.15, -0.1) is 11.3 Å². The van der Waals surface area contributed by atoms with Gasteiger partial charge in [-0.3, -0.25) is 0 Å². The first-order valence-corrected chi connectivity index (χ1v) is 5.83. The predicted octanol–water partition coefficient (Wildman–Crippen LogP) is 3.16. The first-order chi connectivity index (χ1) is 7.68. The van der Waals surface area contributed by atoms with E-state index in [9.17, 15) is 4.79 Å². The molecular formula is C11H9ClO3S. The summed E-state index contributed by atoms with van der Waals surface area (Å²) < 4.78 is 6.10. The Morgan fingerprint density at radius 1 is 1.44 bits per heavy atom. The van der Waals surface area contributed by atoms with Gasteiger partial charge in [0.25, 0.3) is 0 Å². The topological polar surface area (TPSA) is 46.5 Å². The summed E-state index contributed by atoms with van der Waals surface area (Å²) in [4.78, 5) is 11.2. The van der Waals surface area contributed by atoms with E-state index in [-0.39, 0.29) is 13.2 Å². The third-order valence-corrected chi connectivity index (χ3v) is 3.75. The fourth-order valence-corrected chi connectivity index (χ4v) is 2.81. The summed E-state index contributed by atoms with van der Waals surface area (Å²) in [6.45, 7) is -0.0605. The van der Waals surface area contributed by atoms with Gasteiger partial charge in [0.1, 0.15) is 6.61 Å². The zero-order chi connectivity index (χ0) is 11.5. The Hall–Kier alpha value is -1.10. The first kappa shape index (κ1) is 11.4. The molecule has 0 fully saturated rings. The molecule has 5 heteroatoms. The Morgan fingerprint density at radius 3 is 2.88 bits per heavy atom. The molecule has 0 radical (unpaired) electrons. The Bertz CT molecular complexity index is 521. The van der Waals surface area contributed by atoms with Crippen molar-refractivity contribution in [3.63, 3.8) is 0 Å². The number of ether oxygens (including phenoxy) is 1. The van der Waals surface area contributed by atoms with Gasteiger partial charge < -0.3 is 9.84 Å². The SMILES string of the molecule is O=C(O)COCc1sc2ccccc2c1Cl. The maximum absolute atomic E-state index is 10.3. The second-order valence-corrected chi connectivity index (χ2v) is 4.74. The second kappa shape index (κ2) is 4.82. The van der Waals surface area contributed by atoms with E-state index in [1.807, 2.05) is 24.3 Å². The number of benzene rings is 1. The summed E-state index contributed by atoms with van der Waals surface area (Å²) in [7, 11) is 0. The van der Waals surface area contributed by atoms with Crippen LogP contribution in [-0.2, 0) is 16.1 Å². The van der Waals surface area contributed by atoms with Crippen LogP contribution in [0.3, 0.4) is 0 Å². The Kier molecular flexibility index (Phi) is 3.43. The number of fused-ring (bicyclic) bond motifs is 1. The number of carboxylic acids is 1. The van der Waals surface area contributed by atoms with Crippen LogP contribution in [0.1, 0.15) is 4.88 Å². The van der Waals surface area contributed by atoms with Crippen LogP contribution in [0.15, 0.2) is 24.3 Å². The van der Waals surface area contributed by atoms with Crippen molar-refractivity contribution in [3.8, 4) is 0 Å². The van der Waals surface area contributed by atoms with Crippen molar-refractivity contribution in [3.05, 3.63) is 34.2 Å². The van der Waals surface area contributed by atoms with Gasteiger partial charge in [0.05, 0.1) is 16.5 Å². The van der Waals surface area contributed by atoms with E-state index in [4.69, 9.17) is 21.4 Å². The molecule has 2 rings (SSSR count).